The van der Waals surface area contributed by atoms with Crippen molar-refractivity contribution >= 4 is 23.3 Å². The minimum Gasteiger partial charge on any atom is -0.368 e. The highest BCUT2D eigenvalue weighted by Gasteiger charge is 2.24. The first-order valence-electron chi connectivity index (χ1n) is 6.88. The zero-order chi connectivity index (χ0) is 14.8. The molecule has 0 aliphatic carbocycles. The maximum atomic E-state index is 12.2. The normalized spacial score (nSPS) is 17.9. The number of ether oxygens (including phenoxy) is 1. The summed E-state index contributed by atoms with van der Waals surface area (Å²) in [4.78, 5) is 12.2. The van der Waals surface area contributed by atoms with Gasteiger partial charge in [0, 0.05) is 17.7 Å². The topological polar surface area (TPSA) is 56.1 Å². The molecule has 0 radical (unpaired) electrons. The molecule has 0 spiro atoms. The van der Waals surface area contributed by atoms with Crippen molar-refractivity contribution in [2.75, 3.05) is 11.9 Å². The second kappa shape index (κ2) is 5.87. The number of hydrogen-bond acceptors (Lipinski definition) is 3. The zero-order valence-corrected chi connectivity index (χ0v) is 12.4. The molecule has 1 saturated heterocycles. The van der Waals surface area contributed by atoms with Crippen LogP contribution in [0.5, 0.6) is 0 Å². The molecular weight excluding hydrogens is 290 g/mol. The van der Waals surface area contributed by atoms with Crippen molar-refractivity contribution in [3.8, 4) is 5.69 Å². The Morgan fingerprint density at radius 1 is 1.43 bits per heavy atom. The highest BCUT2D eigenvalue weighted by atomic mass is 35.5. The Labute approximate surface area is 127 Å². The maximum Gasteiger partial charge on any atom is 0.254 e. The van der Waals surface area contributed by atoms with Gasteiger partial charge in [0.15, 0.2) is 0 Å². The molecule has 1 fully saturated rings. The first kappa shape index (κ1) is 14.1. The molecule has 1 N–H and O–H groups in total. The lowest BCUT2D eigenvalue weighted by atomic mass is 10.2. The zero-order valence-electron chi connectivity index (χ0n) is 11.7. The van der Waals surface area contributed by atoms with Crippen molar-refractivity contribution in [1.82, 2.24) is 9.78 Å². The van der Waals surface area contributed by atoms with Crippen molar-refractivity contribution in [1.29, 1.82) is 0 Å². The first-order valence-corrected chi connectivity index (χ1v) is 7.26. The minimum atomic E-state index is -0.362. The number of aryl methyl sites for hydroxylation is 1. The molecule has 1 amide bonds. The van der Waals surface area contributed by atoms with E-state index >= 15 is 0 Å². The lowest BCUT2D eigenvalue weighted by Crippen LogP contribution is -2.27. The summed E-state index contributed by atoms with van der Waals surface area (Å²) in [5, 5.41) is 7.96. The number of nitrogens with one attached hydrogen (secondary N) is 1. The average molecular weight is 306 g/mol. The smallest absolute Gasteiger partial charge is 0.254 e. The summed E-state index contributed by atoms with van der Waals surface area (Å²) < 4.78 is 7.09. The van der Waals surface area contributed by atoms with E-state index in [1.54, 1.807) is 16.8 Å². The number of benzene rings is 1. The van der Waals surface area contributed by atoms with Gasteiger partial charge in [0.2, 0.25) is 0 Å². The molecule has 21 heavy (non-hydrogen) atoms. The predicted molar refractivity (Wildman–Crippen MR) is 80.9 cm³/mol. The van der Waals surface area contributed by atoms with Crippen LogP contribution in [-0.4, -0.2) is 28.4 Å². The van der Waals surface area contributed by atoms with Gasteiger partial charge in [-0.25, -0.2) is 4.68 Å². The van der Waals surface area contributed by atoms with Crippen LogP contribution in [0.4, 0.5) is 5.82 Å². The van der Waals surface area contributed by atoms with Crippen LogP contribution in [0.2, 0.25) is 5.02 Å². The van der Waals surface area contributed by atoms with E-state index in [0.29, 0.717) is 17.4 Å². The van der Waals surface area contributed by atoms with E-state index in [9.17, 15) is 4.79 Å². The minimum absolute atomic E-state index is 0.123. The van der Waals surface area contributed by atoms with Gasteiger partial charge in [-0.3, -0.25) is 4.79 Å². The number of nitrogens with zero attached hydrogens (tertiary/aromatic N) is 2. The first-order chi connectivity index (χ1) is 10.1. The van der Waals surface area contributed by atoms with Crippen LogP contribution in [0.1, 0.15) is 18.5 Å². The molecule has 110 valence electrons. The van der Waals surface area contributed by atoms with Gasteiger partial charge >= 0.3 is 0 Å². The van der Waals surface area contributed by atoms with Gasteiger partial charge in [-0.05, 0) is 44.0 Å². The second-order valence-corrected chi connectivity index (χ2v) is 5.49. The SMILES string of the molecule is Cc1cc(NC(=O)[C@H]2CCCO2)n(-c2ccc(Cl)cc2)n1. The molecule has 1 atom stereocenters. The molecule has 6 heteroatoms. The molecule has 5 nitrogen and oxygen atoms in total. The highest BCUT2D eigenvalue weighted by molar-refractivity contribution is 6.30. The third kappa shape index (κ3) is 3.09. The van der Waals surface area contributed by atoms with Gasteiger partial charge in [0.1, 0.15) is 11.9 Å². The Balaban J connectivity index is 1.85. The fraction of sp³-hybridized carbons (Fsp3) is 0.333. The van der Waals surface area contributed by atoms with E-state index in [0.717, 1.165) is 24.2 Å². The van der Waals surface area contributed by atoms with Crippen molar-refractivity contribution in [3.05, 3.63) is 41.0 Å². The van der Waals surface area contributed by atoms with E-state index in [1.807, 2.05) is 25.1 Å². The number of rotatable bonds is 3. The van der Waals surface area contributed by atoms with Gasteiger partial charge in [0.05, 0.1) is 11.4 Å². The van der Waals surface area contributed by atoms with Crippen molar-refractivity contribution in [2.45, 2.75) is 25.9 Å². The number of carbonyl (C=O) groups is 1. The van der Waals surface area contributed by atoms with Gasteiger partial charge in [-0.1, -0.05) is 11.6 Å². The summed E-state index contributed by atoms with van der Waals surface area (Å²) >= 11 is 5.90. The summed E-state index contributed by atoms with van der Waals surface area (Å²) in [5.41, 5.74) is 1.67. The Hall–Kier alpha value is -1.85. The summed E-state index contributed by atoms with van der Waals surface area (Å²) in [6.07, 6.45) is 1.33. The number of carbonyl (C=O) groups excluding carboxylic acids is 1. The third-order valence-electron chi connectivity index (χ3n) is 3.38. The molecule has 2 aromatic rings. The van der Waals surface area contributed by atoms with Crippen LogP contribution in [0.3, 0.4) is 0 Å². The highest BCUT2D eigenvalue weighted by Crippen LogP contribution is 2.21. The van der Waals surface area contributed by atoms with Crippen LogP contribution < -0.4 is 5.32 Å². The van der Waals surface area contributed by atoms with Gasteiger partial charge in [-0.2, -0.15) is 5.10 Å². The largest absolute Gasteiger partial charge is 0.368 e. The third-order valence-corrected chi connectivity index (χ3v) is 3.63. The van der Waals surface area contributed by atoms with Crippen molar-refractivity contribution in [2.24, 2.45) is 0 Å². The molecule has 2 heterocycles. The van der Waals surface area contributed by atoms with Crippen LogP contribution in [0.25, 0.3) is 5.69 Å². The molecule has 0 bridgehead atoms. The molecule has 1 aliphatic heterocycles. The number of amides is 1. The van der Waals surface area contributed by atoms with E-state index in [1.165, 1.54) is 0 Å². The molecule has 0 unspecified atom stereocenters. The maximum absolute atomic E-state index is 12.2. The summed E-state index contributed by atoms with van der Waals surface area (Å²) in [6, 6.07) is 9.13. The monoisotopic (exact) mass is 305 g/mol. The number of hydrogen-bond donors (Lipinski definition) is 1. The Morgan fingerprint density at radius 3 is 2.86 bits per heavy atom. The fourth-order valence-electron chi connectivity index (χ4n) is 2.36. The van der Waals surface area contributed by atoms with E-state index in [-0.39, 0.29) is 12.0 Å². The standard InChI is InChI=1S/C15H16ClN3O2/c1-10-9-14(17-15(20)13-3-2-8-21-13)19(18-10)12-6-4-11(16)5-7-12/h4-7,9,13H,2-3,8H2,1H3,(H,17,20)/t13-/m1/s1. The van der Waals surface area contributed by atoms with Crippen molar-refractivity contribution < 1.29 is 9.53 Å². The van der Waals surface area contributed by atoms with Gasteiger partial charge < -0.3 is 10.1 Å². The Bertz CT molecular complexity index is 645. The summed E-state index contributed by atoms with van der Waals surface area (Å²) in [6.45, 7) is 2.53. The predicted octanol–water partition coefficient (Wildman–Crippen LogP) is 2.95. The molecule has 1 aromatic carbocycles. The van der Waals surface area contributed by atoms with Crippen LogP contribution in [-0.2, 0) is 9.53 Å². The van der Waals surface area contributed by atoms with E-state index < -0.39 is 0 Å². The number of anilines is 1. The average Bonchev–Trinajstić information content (AvgIpc) is 3.09. The lowest BCUT2D eigenvalue weighted by molar-refractivity contribution is -0.124. The molecular formula is C15H16ClN3O2. The fourth-order valence-corrected chi connectivity index (χ4v) is 2.48. The van der Waals surface area contributed by atoms with E-state index in [2.05, 4.69) is 10.4 Å². The molecule has 0 saturated carbocycles. The molecule has 3 rings (SSSR count). The Morgan fingerprint density at radius 2 is 2.19 bits per heavy atom. The van der Waals surface area contributed by atoms with Gasteiger partial charge in [-0.15, -0.1) is 0 Å². The van der Waals surface area contributed by atoms with Crippen LogP contribution >= 0.6 is 11.6 Å². The Kier molecular flexibility index (Phi) is 3.94. The molecule has 1 aliphatic rings. The van der Waals surface area contributed by atoms with Crippen LogP contribution in [0.15, 0.2) is 30.3 Å². The number of halogens is 1. The van der Waals surface area contributed by atoms with Crippen molar-refractivity contribution in [3.63, 3.8) is 0 Å². The summed E-state index contributed by atoms with van der Waals surface area (Å²) in [7, 11) is 0. The summed E-state index contributed by atoms with van der Waals surface area (Å²) in [5.74, 6) is 0.512. The quantitative estimate of drug-likeness (QED) is 0.948. The lowest BCUT2D eigenvalue weighted by Gasteiger charge is -2.12. The number of aromatic nitrogens is 2. The second-order valence-electron chi connectivity index (χ2n) is 5.05. The molecule has 1 aromatic heterocycles. The van der Waals surface area contributed by atoms with Crippen LogP contribution in [0, 0.1) is 6.92 Å². The van der Waals surface area contributed by atoms with Gasteiger partial charge in [0.25, 0.3) is 5.91 Å². The van der Waals surface area contributed by atoms with E-state index in [4.69, 9.17) is 16.3 Å².